The zero-order chi connectivity index (χ0) is 7.84. The molecule has 11 heavy (non-hydrogen) atoms. The Hall–Kier alpha value is -0.570. The summed E-state index contributed by atoms with van der Waals surface area (Å²) >= 11 is 0. The van der Waals surface area contributed by atoms with Gasteiger partial charge in [0, 0.05) is 18.5 Å². The first-order valence-corrected chi connectivity index (χ1v) is 4.30. The summed E-state index contributed by atoms with van der Waals surface area (Å²) in [5.41, 5.74) is 5.80. The minimum absolute atomic E-state index is 0.217. The fraction of sp³-hybridized carbons (Fsp3) is 0.875. The van der Waals surface area contributed by atoms with E-state index >= 15 is 0 Å². The van der Waals surface area contributed by atoms with Gasteiger partial charge in [0.2, 0.25) is 5.91 Å². The predicted molar refractivity (Wildman–Crippen MR) is 41.9 cm³/mol. The van der Waals surface area contributed by atoms with Crippen LogP contribution in [0.5, 0.6) is 0 Å². The second-order valence-electron chi connectivity index (χ2n) is 3.71. The van der Waals surface area contributed by atoms with Crippen LogP contribution in [-0.4, -0.2) is 18.0 Å². The quantitative estimate of drug-likeness (QED) is 0.516. The molecule has 1 aliphatic heterocycles. The maximum atomic E-state index is 11.0. The first kappa shape index (κ1) is 7.10. The Kier molecular flexibility index (Phi) is 1.60. The summed E-state index contributed by atoms with van der Waals surface area (Å²) in [6.07, 6.45) is 3.89. The predicted octanol–water partition coefficient (Wildman–Crippen LogP) is 0.00230. The molecular weight excluding hydrogens is 140 g/mol. The molecule has 3 N–H and O–H groups in total. The molecule has 1 saturated carbocycles. The van der Waals surface area contributed by atoms with Crippen molar-refractivity contribution in [2.75, 3.05) is 0 Å². The van der Waals surface area contributed by atoms with Crippen LogP contribution in [0.25, 0.3) is 0 Å². The third-order valence-electron chi connectivity index (χ3n) is 2.82. The van der Waals surface area contributed by atoms with Gasteiger partial charge in [0.15, 0.2) is 0 Å². The molecular formula is C8H14N2O. The Morgan fingerprint density at radius 3 is 3.09 bits per heavy atom. The van der Waals surface area contributed by atoms with Gasteiger partial charge >= 0.3 is 0 Å². The third-order valence-corrected chi connectivity index (χ3v) is 2.82. The standard InChI is InChI=1S/C8H14N2O/c9-6-1-2-7-5(3-6)4-8(11)10-7/h5-7H,1-4,9H2,(H,10,11). The van der Waals surface area contributed by atoms with Gasteiger partial charge in [-0.1, -0.05) is 0 Å². The zero-order valence-corrected chi connectivity index (χ0v) is 6.55. The monoisotopic (exact) mass is 154 g/mol. The van der Waals surface area contributed by atoms with Gasteiger partial charge in [0.1, 0.15) is 0 Å². The number of hydrogen-bond donors (Lipinski definition) is 2. The maximum absolute atomic E-state index is 11.0. The van der Waals surface area contributed by atoms with Gasteiger partial charge in [-0.25, -0.2) is 0 Å². The van der Waals surface area contributed by atoms with Crippen molar-refractivity contribution in [3.8, 4) is 0 Å². The average molecular weight is 154 g/mol. The molecule has 0 spiro atoms. The molecule has 0 aromatic heterocycles. The molecule has 1 amide bonds. The first-order chi connectivity index (χ1) is 5.25. The molecule has 0 radical (unpaired) electrons. The van der Waals surface area contributed by atoms with E-state index in [1.807, 2.05) is 0 Å². The number of carbonyl (C=O) groups excluding carboxylic acids is 1. The summed E-state index contributed by atoms with van der Waals surface area (Å²) in [4.78, 5) is 11.0. The van der Waals surface area contributed by atoms with Crippen LogP contribution in [0.1, 0.15) is 25.7 Å². The van der Waals surface area contributed by atoms with Gasteiger partial charge in [0.05, 0.1) is 0 Å². The Bertz CT molecular complexity index is 181. The molecule has 62 valence electrons. The molecule has 1 aliphatic carbocycles. The number of carbonyl (C=O) groups is 1. The summed E-state index contributed by atoms with van der Waals surface area (Å²) in [7, 11) is 0. The Balaban J connectivity index is 2.02. The SMILES string of the molecule is NC1CCC2NC(=O)CC2C1. The number of nitrogens with two attached hydrogens (primary N) is 1. The van der Waals surface area contributed by atoms with Gasteiger partial charge in [-0.2, -0.15) is 0 Å². The number of fused-ring (bicyclic) bond motifs is 1. The highest BCUT2D eigenvalue weighted by Crippen LogP contribution is 2.30. The largest absolute Gasteiger partial charge is 0.353 e. The van der Waals surface area contributed by atoms with E-state index in [2.05, 4.69) is 5.32 Å². The zero-order valence-electron chi connectivity index (χ0n) is 6.55. The van der Waals surface area contributed by atoms with Crippen molar-refractivity contribution < 1.29 is 4.79 Å². The summed E-state index contributed by atoms with van der Waals surface area (Å²) < 4.78 is 0. The fourth-order valence-corrected chi connectivity index (χ4v) is 2.22. The van der Waals surface area contributed by atoms with Crippen molar-refractivity contribution in [1.82, 2.24) is 5.32 Å². The van der Waals surface area contributed by atoms with Crippen LogP contribution in [0.2, 0.25) is 0 Å². The third kappa shape index (κ3) is 1.25. The Morgan fingerprint density at radius 2 is 2.27 bits per heavy atom. The fourth-order valence-electron chi connectivity index (χ4n) is 2.22. The molecule has 0 aromatic carbocycles. The summed E-state index contributed by atoms with van der Waals surface area (Å²) in [5.74, 6) is 0.750. The van der Waals surface area contributed by atoms with Gasteiger partial charge in [-0.3, -0.25) is 4.79 Å². The van der Waals surface area contributed by atoms with Crippen LogP contribution in [0, 0.1) is 5.92 Å². The molecule has 2 fully saturated rings. The van der Waals surface area contributed by atoms with Crippen molar-refractivity contribution in [3.05, 3.63) is 0 Å². The van der Waals surface area contributed by atoms with E-state index in [1.165, 1.54) is 0 Å². The van der Waals surface area contributed by atoms with Crippen LogP contribution >= 0.6 is 0 Å². The number of hydrogen-bond acceptors (Lipinski definition) is 2. The van der Waals surface area contributed by atoms with E-state index in [0.717, 1.165) is 19.3 Å². The molecule has 3 unspecified atom stereocenters. The van der Waals surface area contributed by atoms with Crippen LogP contribution < -0.4 is 11.1 Å². The van der Waals surface area contributed by atoms with Crippen molar-refractivity contribution in [1.29, 1.82) is 0 Å². The van der Waals surface area contributed by atoms with Gasteiger partial charge in [0.25, 0.3) is 0 Å². The molecule has 0 aromatic rings. The first-order valence-electron chi connectivity index (χ1n) is 4.30. The maximum Gasteiger partial charge on any atom is 0.220 e. The van der Waals surface area contributed by atoms with Crippen LogP contribution in [0.4, 0.5) is 0 Å². The Labute approximate surface area is 66.3 Å². The van der Waals surface area contributed by atoms with Gasteiger partial charge in [-0.05, 0) is 25.2 Å². The van der Waals surface area contributed by atoms with E-state index in [1.54, 1.807) is 0 Å². The highest BCUT2D eigenvalue weighted by Gasteiger charge is 2.36. The average Bonchev–Trinajstić information content (AvgIpc) is 2.27. The molecule has 1 heterocycles. The van der Waals surface area contributed by atoms with E-state index in [0.29, 0.717) is 24.4 Å². The van der Waals surface area contributed by atoms with E-state index in [4.69, 9.17) is 5.73 Å². The van der Waals surface area contributed by atoms with Crippen LogP contribution in [0.3, 0.4) is 0 Å². The van der Waals surface area contributed by atoms with Crippen molar-refractivity contribution in [2.45, 2.75) is 37.8 Å². The van der Waals surface area contributed by atoms with Gasteiger partial charge in [-0.15, -0.1) is 0 Å². The highest BCUT2D eigenvalue weighted by molar-refractivity contribution is 5.79. The molecule has 3 atom stereocenters. The van der Waals surface area contributed by atoms with Gasteiger partial charge < -0.3 is 11.1 Å². The lowest BCUT2D eigenvalue weighted by Crippen LogP contribution is -2.38. The minimum Gasteiger partial charge on any atom is -0.353 e. The summed E-state index contributed by atoms with van der Waals surface area (Å²) in [5, 5.41) is 2.98. The van der Waals surface area contributed by atoms with Crippen LogP contribution in [0.15, 0.2) is 0 Å². The molecule has 1 saturated heterocycles. The smallest absolute Gasteiger partial charge is 0.220 e. The van der Waals surface area contributed by atoms with E-state index in [-0.39, 0.29) is 5.91 Å². The second-order valence-corrected chi connectivity index (χ2v) is 3.71. The normalized spacial score (nSPS) is 43.4. The second kappa shape index (κ2) is 2.48. The molecule has 2 aliphatic rings. The lowest BCUT2D eigenvalue weighted by molar-refractivity contribution is -0.119. The molecule has 3 heteroatoms. The number of rotatable bonds is 0. The number of nitrogens with one attached hydrogen (secondary N) is 1. The van der Waals surface area contributed by atoms with Crippen molar-refractivity contribution in [2.24, 2.45) is 11.7 Å². The molecule has 0 bridgehead atoms. The van der Waals surface area contributed by atoms with Crippen molar-refractivity contribution in [3.63, 3.8) is 0 Å². The highest BCUT2D eigenvalue weighted by atomic mass is 16.2. The van der Waals surface area contributed by atoms with E-state index < -0.39 is 0 Å². The number of amides is 1. The summed E-state index contributed by atoms with van der Waals surface area (Å²) in [6.45, 7) is 0. The van der Waals surface area contributed by atoms with E-state index in [9.17, 15) is 4.79 Å². The molecule has 3 nitrogen and oxygen atoms in total. The lowest BCUT2D eigenvalue weighted by atomic mass is 9.83. The lowest BCUT2D eigenvalue weighted by Gasteiger charge is -2.28. The topological polar surface area (TPSA) is 55.1 Å². The minimum atomic E-state index is 0.217. The Morgan fingerprint density at radius 1 is 1.45 bits per heavy atom. The van der Waals surface area contributed by atoms with Crippen LogP contribution in [-0.2, 0) is 4.79 Å². The molecule has 2 rings (SSSR count). The summed E-state index contributed by atoms with van der Waals surface area (Å²) in [6, 6.07) is 0.784. The van der Waals surface area contributed by atoms with Crippen molar-refractivity contribution >= 4 is 5.91 Å².